The highest BCUT2D eigenvalue weighted by atomic mass is 16.6. The maximum absolute atomic E-state index is 12.3. The van der Waals surface area contributed by atoms with Crippen molar-refractivity contribution in [1.29, 1.82) is 0 Å². The topological polar surface area (TPSA) is 84.9 Å². The number of phenolic OH excluding ortho intramolecular Hbond substituents is 1. The average molecular weight is 357 g/mol. The van der Waals surface area contributed by atoms with E-state index in [4.69, 9.17) is 9.47 Å². The van der Waals surface area contributed by atoms with Crippen LogP contribution in [-0.2, 0) is 27.3 Å². The van der Waals surface area contributed by atoms with Gasteiger partial charge in [0.1, 0.15) is 18.4 Å². The fourth-order valence-corrected chi connectivity index (χ4v) is 2.28. The molecule has 0 aliphatic heterocycles. The number of amides is 1. The molecule has 1 atom stereocenters. The van der Waals surface area contributed by atoms with E-state index in [-0.39, 0.29) is 24.9 Å². The highest BCUT2D eigenvalue weighted by molar-refractivity contribution is 5.81. The predicted molar refractivity (Wildman–Crippen MR) is 96.6 cm³/mol. The standard InChI is InChI=1S/C20H23NO5/c1-14(2)26-19(23)18(12-15-8-10-17(22)11-9-15)21-20(24)25-13-16-6-4-3-5-7-16/h3-11,14,18,22H,12-13H2,1-2H3,(H,21,24). The van der Waals surface area contributed by atoms with Crippen molar-refractivity contribution in [3.63, 3.8) is 0 Å². The highest BCUT2D eigenvalue weighted by Crippen LogP contribution is 2.12. The molecule has 0 aliphatic rings. The first-order valence-electron chi connectivity index (χ1n) is 8.39. The quantitative estimate of drug-likeness (QED) is 0.744. The third kappa shape index (κ3) is 6.47. The Balaban J connectivity index is 1.99. The lowest BCUT2D eigenvalue weighted by Gasteiger charge is -2.19. The molecule has 0 fully saturated rings. The Morgan fingerprint density at radius 3 is 2.27 bits per heavy atom. The first-order chi connectivity index (χ1) is 12.4. The summed E-state index contributed by atoms with van der Waals surface area (Å²) in [6, 6.07) is 14.8. The maximum atomic E-state index is 12.3. The Labute approximate surface area is 152 Å². The van der Waals surface area contributed by atoms with Crippen molar-refractivity contribution in [1.82, 2.24) is 5.32 Å². The lowest BCUT2D eigenvalue weighted by Crippen LogP contribution is -2.44. The number of rotatable bonds is 7. The molecular formula is C20H23NO5. The molecule has 0 aliphatic carbocycles. The molecule has 2 N–H and O–H groups in total. The minimum absolute atomic E-state index is 0.109. The third-order valence-corrected chi connectivity index (χ3v) is 3.52. The number of ether oxygens (including phenoxy) is 2. The summed E-state index contributed by atoms with van der Waals surface area (Å²) >= 11 is 0. The number of benzene rings is 2. The molecule has 0 saturated carbocycles. The summed E-state index contributed by atoms with van der Waals surface area (Å²) in [5.74, 6) is -0.407. The van der Waals surface area contributed by atoms with Gasteiger partial charge in [-0.1, -0.05) is 42.5 Å². The summed E-state index contributed by atoms with van der Waals surface area (Å²) in [6.07, 6.45) is -0.767. The van der Waals surface area contributed by atoms with E-state index in [1.165, 1.54) is 12.1 Å². The molecule has 26 heavy (non-hydrogen) atoms. The van der Waals surface area contributed by atoms with Crippen LogP contribution < -0.4 is 5.32 Å². The Kier molecular flexibility index (Phi) is 7.02. The van der Waals surface area contributed by atoms with Gasteiger partial charge in [-0.15, -0.1) is 0 Å². The van der Waals surface area contributed by atoms with Gasteiger partial charge in [0, 0.05) is 6.42 Å². The number of nitrogens with one attached hydrogen (secondary N) is 1. The lowest BCUT2D eigenvalue weighted by atomic mass is 10.1. The maximum Gasteiger partial charge on any atom is 0.408 e. The van der Waals surface area contributed by atoms with Gasteiger partial charge in [0.25, 0.3) is 0 Å². The van der Waals surface area contributed by atoms with Crippen molar-refractivity contribution in [2.75, 3.05) is 0 Å². The highest BCUT2D eigenvalue weighted by Gasteiger charge is 2.24. The second-order valence-corrected chi connectivity index (χ2v) is 6.11. The van der Waals surface area contributed by atoms with Crippen molar-refractivity contribution in [3.8, 4) is 5.75 Å². The minimum atomic E-state index is -0.884. The molecule has 2 aromatic carbocycles. The van der Waals surface area contributed by atoms with E-state index in [0.29, 0.717) is 0 Å². The Morgan fingerprint density at radius 1 is 1.00 bits per heavy atom. The summed E-state index contributed by atoms with van der Waals surface area (Å²) in [4.78, 5) is 24.4. The van der Waals surface area contributed by atoms with Gasteiger partial charge < -0.3 is 19.9 Å². The van der Waals surface area contributed by atoms with E-state index in [1.54, 1.807) is 26.0 Å². The van der Waals surface area contributed by atoms with Crippen LogP contribution in [0.2, 0.25) is 0 Å². The molecule has 6 heteroatoms. The van der Waals surface area contributed by atoms with E-state index >= 15 is 0 Å². The second-order valence-electron chi connectivity index (χ2n) is 6.11. The van der Waals surface area contributed by atoms with E-state index < -0.39 is 18.1 Å². The Hall–Kier alpha value is -3.02. The molecule has 0 radical (unpaired) electrons. The zero-order valence-electron chi connectivity index (χ0n) is 14.8. The van der Waals surface area contributed by atoms with Gasteiger partial charge in [0.05, 0.1) is 6.10 Å². The van der Waals surface area contributed by atoms with Crippen LogP contribution in [0, 0.1) is 0 Å². The van der Waals surface area contributed by atoms with Gasteiger partial charge in [-0.3, -0.25) is 0 Å². The van der Waals surface area contributed by atoms with Crippen molar-refractivity contribution in [3.05, 3.63) is 65.7 Å². The molecule has 0 spiro atoms. The summed E-state index contributed by atoms with van der Waals surface area (Å²) in [5, 5.41) is 11.9. The summed E-state index contributed by atoms with van der Waals surface area (Å²) in [7, 11) is 0. The number of phenols is 1. The SMILES string of the molecule is CC(C)OC(=O)C(Cc1ccc(O)cc1)NC(=O)OCc1ccccc1. The molecule has 6 nitrogen and oxygen atoms in total. The summed E-state index contributed by atoms with van der Waals surface area (Å²) in [5.41, 5.74) is 1.62. The molecule has 1 amide bonds. The van der Waals surface area contributed by atoms with Crippen molar-refractivity contribution in [2.45, 2.75) is 39.0 Å². The van der Waals surface area contributed by atoms with E-state index in [1.807, 2.05) is 30.3 Å². The smallest absolute Gasteiger partial charge is 0.408 e. The fraction of sp³-hybridized carbons (Fsp3) is 0.300. The van der Waals surface area contributed by atoms with Crippen molar-refractivity contribution < 1.29 is 24.2 Å². The van der Waals surface area contributed by atoms with Crippen LogP contribution in [0.25, 0.3) is 0 Å². The molecule has 0 aromatic heterocycles. The zero-order chi connectivity index (χ0) is 18.9. The van der Waals surface area contributed by atoms with Crippen LogP contribution in [0.3, 0.4) is 0 Å². The molecular weight excluding hydrogens is 334 g/mol. The van der Waals surface area contributed by atoms with Gasteiger partial charge in [0.2, 0.25) is 0 Å². The summed E-state index contributed by atoms with van der Waals surface area (Å²) < 4.78 is 10.4. The van der Waals surface area contributed by atoms with Gasteiger partial charge in [-0.05, 0) is 37.1 Å². The molecule has 0 heterocycles. The lowest BCUT2D eigenvalue weighted by molar-refractivity contribution is -0.149. The van der Waals surface area contributed by atoms with E-state index in [0.717, 1.165) is 11.1 Å². The average Bonchev–Trinajstić information content (AvgIpc) is 2.61. The second kappa shape index (κ2) is 9.46. The molecule has 2 rings (SSSR count). The molecule has 0 saturated heterocycles. The number of aromatic hydroxyl groups is 1. The van der Waals surface area contributed by atoms with Crippen LogP contribution in [-0.4, -0.2) is 29.3 Å². The fourth-order valence-electron chi connectivity index (χ4n) is 2.28. The first-order valence-corrected chi connectivity index (χ1v) is 8.39. The van der Waals surface area contributed by atoms with Crippen LogP contribution in [0.4, 0.5) is 4.79 Å². The number of carbonyl (C=O) groups is 2. The Morgan fingerprint density at radius 2 is 1.65 bits per heavy atom. The van der Waals surface area contributed by atoms with Gasteiger partial charge in [-0.25, -0.2) is 9.59 Å². The number of hydrogen-bond donors (Lipinski definition) is 2. The number of hydrogen-bond acceptors (Lipinski definition) is 5. The number of carbonyl (C=O) groups excluding carboxylic acids is 2. The monoisotopic (exact) mass is 357 g/mol. The van der Waals surface area contributed by atoms with Gasteiger partial charge in [-0.2, -0.15) is 0 Å². The van der Waals surface area contributed by atoms with Crippen LogP contribution in [0.15, 0.2) is 54.6 Å². The predicted octanol–water partition coefficient (Wildman–Crippen LogP) is 3.18. The van der Waals surface area contributed by atoms with Gasteiger partial charge in [0.15, 0.2) is 0 Å². The number of esters is 1. The largest absolute Gasteiger partial charge is 0.508 e. The van der Waals surface area contributed by atoms with E-state index in [9.17, 15) is 14.7 Å². The van der Waals surface area contributed by atoms with E-state index in [2.05, 4.69) is 5.32 Å². The van der Waals surface area contributed by atoms with Crippen LogP contribution in [0.5, 0.6) is 5.75 Å². The van der Waals surface area contributed by atoms with Crippen molar-refractivity contribution in [2.24, 2.45) is 0 Å². The molecule has 138 valence electrons. The van der Waals surface area contributed by atoms with Crippen molar-refractivity contribution >= 4 is 12.1 Å². The zero-order valence-corrected chi connectivity index (χ0v) is 14.8. The third-order valence-electron chi connectivity index (χ3n) is 3.52. The first kappa shape index (κ1) is 19.3. The van der Waals surface area contributed by atoms with Crippen LogP contribution in [0.1, 0.15) is 25.0 Å². The minimum Gasteiger partial charge on any atom is -0.508 e. The number of alkyl carbamates (subject to hydrolysis) is 1. The van der Waals surface area contributed by atoms with Gasteiger partial charge >= 0.3 is 12.1 Å². The summed E-state index contributed by atoms with van der Waals surface area (Å²) in [6.45, 7) is 3.59. The van der Waals surface area contributed by atoms with Crippen LogP contribution >= 0.6 is 0 Å². The molecule has 1 unspecified atom stereocenters. The Bertz CT molecular complexity index is 713. The molecule has 2 aromatic rings. The normalized spacial score (nSPS) is 11.7. The molecule has 0 bridgehead atoms.